The van der Waals surface area contributed by atoms with Crippen LogP contribution in [-0.2, 0) is 23.1 Å². The maximum Gasteiger partial charge on any atom is 0.255 e. The second-order valence-electron chi connectivity index (χ2n) is 7.22. The van der Waals surface area contributed by atoms with Crippen LogP contribution in [0.2, 0.25) is 0 Å². The molecule has 1 aliphatic heterocycles. The van der Waals surface area contributed by atoms with Gasteiger partial charge in [0.25, 0.3) is 5.91 Å². The molecule has 3 heterocycles. The third kappa shape index (κ3) is 4.78. The van der Waals surface area contributed by atoms with Crippen molar-refractivity contribution in [2.24, 2.45) is 0 Å². The lowest BCUT2D eigenvalue weighted by Crippen LogP contribution is -2.43. The molecular formula is C21H20FN3O6S. The second kappa shape index (κ2) is 9.05. The van der Waals surface area contributed by atoms with Gasteiger partial charge in [-0.3, -0.25) is 4.79 Å². The minimum atomic E-state index is -3.08. The van der Waals surface area contributed by atoms with Crippen molar-refractivity contribution in [1.29, 1.82) is 0 Å². The Morgan fingerprint density at radius 2 is 1.88 bits per heavy atom. The Balaban J connectivity index is 1.44. The maximum atomic E-state index is 13.2. The lowest BCUT2D eigenvalue weighted by atomic mass is 10.1. The van der Waals surface area contributed by atoms with E-state index in [-0.39, 0.29) is 61.2 Å². The van der Waals surface area contributed by atoms with E-state index in [2.05, 4.69) is 10.1 Å². The summed E-state index contributed by atoms with van der Waals surface area (Å²) in [7, 11) is -3.08. The molecule has 2 aromatic heterocycles. The summed E-state index contributed by atoms with van der Waals surface area (Å²) in [6.07, 6.45) is 1.36. The zero-order chi connectivity index (χ0) is 22.7. The molecule has 1 aromatic carbocycles. The van der Waals surface area contributed by atoms with Crippen LogP contribution >= 0.6 is 0 Å². The van der Waals surface area contributed by atoms with Crippen molar-refractivity contribution in [3.8, 4) is 17.1 Å². The summed E-state index contributed by atoms with van der Waals surface area (Å²) in [6.45, 7) is -0.0955. The number of hydrogen-bond acceptors (Lipinski definition) is 8. The van der Waals surface area contributed by atoms with Gasteiger partial charge in [0.1, 0.15) is 24.7 Å². The monoisotopic (exact) mass is 461 g/mol. The number of sulfone groups is 1. The summed E-state index contributed by atoms with van der Waals surface area (Å²) in [4.78, 5) is 18.2. The molecule has 0 saturated carbocycles. The van der Waals surface area contributed by atoms with Crippen molar-refractivity contribution >= 4 is 15.7 Å². The third-order valence-electron chi connectivity index (χ3n) is 5.11. The van der Waals surface area contributed by atoms with Crippen molar-refractivity contribution < 1.29 is 32.0 Å². The molecule has 1 N–H and O–H groups in total. The minimum Gasteiger partial charge on any atom is -0.473 e. The molecular weight excluding hydrogens is 441 g/mol. The number of amides is 1. The summed E-state index contributed by atoms with van der Waals surface area (Å²) < 4.78 is 47.1. The van der Waals surface area contributed by atoms with Gasteiger partial charge in [-0.25, -0.2) is 17.8 Å². The first-order valence-corrected chi connectivity index (χ1v) is 11.6. The maximum absolute atomic E-state index is 13.2. The average Bonchev–Trinajstić information content (AvgIpc) is 3.21. The molecule has 32 heavy (non-hydrogen) atoms. The summed E-state index contributed by atoms with van der Waals surface area (Å²) in [6, 6.07) is 8.75. The summed E-state index contributed by atoms with van der Waals surface area (Å²) in [5, 5.41) is 13.5. The minimum absolute atomic E-state index is 0.0175. The van der Waals surface area contributed by atoms with Crippen molar-refractivity contribution in [2.45, 2.75) is 13.2 Å². The van der Waals surface area contributed by atoms with E-state index in [1.165, 1.54) is 29.3 Å². The molecule has 1 amide bonds. The first kappa shape index (κ1) is 21.9. The van der Waals surface area contributed by atoms with Crippen LogP contribution in [0.4, 0.5) is 4.39 Å². The highest BCUT2D eigenvalue weighted by atomic mass is 32.2. The SMILES string of the molecule is O=C(c1ccc(OCc2c(-c3ccc(F)cc3)noc2CO)nc1)N1CCS(=O)(=O)CC1. The van der Waals surface area contributed by atoms with Crippen LogP contribution in [0.5, 0.6) is 5.88 Å². The molecule has 1 saturated heterocycles. The number of rotatable bonds is 6. The topological polar surface area (TPSA) is 123 Å². The Bertz CT molecular complexity index is 1200. The highest BCUT2D eigenvalue weighted by molar-refractivity contribution is 7.91. The second-order valence-corrected chi connectivity index (χ2v) is 9.52. The number of aliphatic hydroxyl groups is 1. The van der Waals surface area contributed by atoms with Crippen LogP contribution in [0, 0.1) is 5.82 Å². The van der Waals surface area contributed by atoms with Gasteiger partial charge in [-0.2, -0.15) is 0 Å². The zero-order valence-corrected chi connectivity index (χ0v) is 17.7. The lowest BCUT2D eigenvalue weighted by molar-refractivity contribution is 0.0769. The van der Waals surface area contributed by atoms with Gasteiger partial charge in [0.15, 0.2) is 15.6 Å². The molecule has 0 atom stereocenters. The number of carbonyl (C=O) groups excluding carboxylic acids is 1. The van der Waals surface area contributed by atoms with Crippen LogP contribution in [-0.4, -0.2) is 59.1 Å². The largest absolute Gasteiger partial charge is 0.473 e. The molecule has 9 nitrogen and oxygen atoms in total. The highest BCUT2D eigenvalue weighted by Gasteiger charge is 2.26. The summed E-state index contributed by atoms with van der Waals surface area (Å²) in [5.41, 5.74) is 1.84. The Morgan fingerprint density at radius 3 is 2.50 bits per heavy atom. The van der Waals surface area contributed by atoms with E-state index in [0.717, 1.165) is 0 Å². The van der Waals surface area contributed by atoms with Gasteiger partial charge in [0.05, 0.1) is 22.6 Å². The Hall–Kier alpha value is -3.31. The first-order valence-electron chi connectivity index (χ1n) is 9.79. The van der Waals surface area contributed by atoms with Crippen LogP contribution < -0.4 is 4.74 Å². The van der Waals surface area contributed by atoms with Gasteiger partial charge in [0, 0.05) is 30.9 Å². The fraction of sp³-hybridized carbons (Fsp3) is 0.286. The van der Waals surface area contributed by atoms with Gasteiger partial charge in [-0.15, -0.1) is 0 Å². The summed E-state index contributed by atoms with van der Waals surface area (Å²) in [5.74, 6) is -0.318. The number of aromatic nitrogens is 2. The van der Waals surface area contributed by atoms with Gasteiger partial charge >= 0.3 is 0 Å². The number of nitrogens with zero attached hydrogens (tertiary/aromatic N) is 3. The van der Waals surface area contributed by atoms with Gasteiger partial charge in [0.2, 0.25) is 5.88 Å². The number of benzene rings is 1. The number of pyridine rings is 1. The molecule has 1 fully saturated rings. The standard InChI is InChI=1S/C21H20FN3O6S/c22-16-4-1-14(2-5-16)20-17(18(12-26)31-24-20)13-30-19-6-3-15(11-23-19)21(27)25-7-9-32(28,29)10-8-25/h1-6,11,26H,7-10,12-13H2. The average molecular weight is 461 g/mol. The Kier molecular flexibility index (Phi) is 6.19. The molecule has 3 aromatic rings. The van der Waals surface area contributed by atoms with Crippen molar-refractivity contribution in [3.05, 3.63) is 65.3 Å². The van der Waals surface area contributed by atoms with Crippen LogP contribution in [0.15, 0.2) is 47.1 Å². The molecule has 4 rings (SSSR count). The Morgan fingerprint density at radius 1 is 1.16 bits per heavy atom. The molecule has 0 unspecified atom stereocenters. The van der Waals surface area contributed by atoms with E-state index in [1.54, 1.807) is 18.2 Å². The van der Waals surface area contributed by atoms with E-state index in [0.29, 0.717) is 22.4 Å². The van der Waals surface area contributed by atoms with Crippen molar-refractivity contribution in [1.82, 2.24) is 15.0 Å². The fourth-order valence-electron chi connectivity index (χ4n) is 3.29. The van der Waals surface area contributed by atoms with Crippen molar-refractivity contribution in [3.63, 3.8) is 0 Å². The van der Waals surface area contributed by atoms with E-state index < -0.39 is 9.84 Å². The van der Waals surface area contributed by atoms with Gasteiger partial charge in [-0.05, 0) is 30.3 Å². The lowest BCUT2D eigenvalue weighted by Gasteiger charge is -2.26. The smallest absolute Gasteiger partial charge is 0.255 e. The number of halogens is 1. The fourth-order valence-corrected chi connectivity index (χ4v) is 4.49. The van der Waals surface area contributed by atoms with Crippen LogP contribution in [0.1, 0.15) is 21.7 Å². The van der Waals surface area contributed by atoms with Crippen LogP contribution in [0.3, 0.4) is 0 Å². The quantitative estimate of drug-likeness (QED) is 0.590. The van der Waals surface area contributed by atoms with E-state index in [1.807, 2.05) is 0 Å². The molecule has 1 aliphatic rings. The molecule has 0 radical (unpaired) electrons. The number of aliphatic hydroxyl groups excluding tert-OH is 1. The van der Waals surface area contributed by atoms with Gasteiger partial charge < -0.3 is 19.3 Å². The van der Waals surface area contributed by atoms with Crippen molar-refractivity contribution in [2.75, 3.05) is 24.6 Å². The van der Waals surface area contributed by atoms with Crippen LogP contribution in [0.25, 0.3) is 11.3 Å². The molecule has 11 heteroatoms. The molecule has 0 spiro atoms. The van der Waals surface area contributed by atoms with E-state index in [4.69, 9.17) is 9.26 Å². The highest BCUT2D eigenvalue weighted by Crippen LogP contribution is 2.27. The van der Waals surface area contributed by atoms with E-state index >= 15 is 0 Å². The zero-order valence-electron chi connectivity index (χ0n) is 16.9. The summed E-state index contributed by atoms with van der Waals surface area (Å²) >= 11 is 0. The Labute approximate surface area is 183 Å². The first-order chi connectivity index (χ1) is 15.4. The number of hydrogen-bond donors (Lipinski definition) is 1. The number of carbonyl (C=O) groups is 1. The van der Waals surface area contributed by atoms with E-state index in [9.17, 15) is 22.7 Å². The predicted molar refractivity (Wildman–Crippen MR) is 111 cm³/mol. The third-order valence-corrected chi connectivity index (χ3v) is 6.72. The molecule has 0 bridgehead atoms. The van der Waals surface area contributed by atoms with Gasteiger partial charge in [-0.1, -0.05) is 5.16 Å². The molecule has 168 valence electrons. The normalized spacial score (nSPS) is 15.5. The predicted octanol–water partition coefficient (Wildman–Crippen LogP) is 1.82. The molecule has 0 aliphatic carbocycles. The number of ether oxygens (including phenoxy) is 1.